The average Bonchev–Trinajstić information content (AvgIpc) is 2.36. The van der Waals surface area contributed by atoms with E-state index in [0.717, 1.165) is 6.07 Å². The van der Waals surface area contributed by atoms with E-state index in [1.165, 1.54) is 12.1 Å². The molecule has 0 bridgehead atoms. The SMILES string of the molecule is CC1CN(C(=O)c2ccc(C(F)(F)F)c(Br)c2)CCN1. The molecule has 3 nitrogen and oxygen atoms in total. The third-order valence-corrected chi connectivity index (χ3v) is 3.83. The van der Waals surface area contributed by atoms with E-state index in [4.69, 9.17) is 0 Å². The van der Waals surface area contributed by atoms with E-state index >= 15 is 0 Å². The van der Waals surface area contributed by atoms with Gasteiger partial charge in [-0.2, -0.15) is 13.2 Å². The van der Waals surface area contributed by atoms with Crippen LogP contribution in [-0.4, -0.2) is 36.5 Å². The quantitative estimate of drug-likeness (QED) is 0.844. The minimum Gasteiger partial charge on any atom is -0.336 e. The minimum atomic E-state index is -4.43. The molecule has 7 heteroatoms. The molecule has 20 heavy (non-hydrogen) atoms. The van der Waals surface area contributed by atoms with Crippen LogP contribution >= 0.6 is 15.9 Å². The Morgan fingerprint density at radius 2 is 2.15 bits per heavy atom. The van der Waals surface area contributed by atoms with Crippen LogP contribution in [0.15, 0.2) is 22.7 Å². The molecule has 1 unspecified atom stereocenters. The van der Waals surface area contributed by atoms with Gasteiger partial charge in [0.25, 0.3) is 5.91 Å². The van der Waals surface area contributed by atoms with Crippen molar-refractivity contribution in [1.29, 1.82) is 0 Å². The van der Waals surface area contributed by atoms with Crippen molar-refractivity contribution in [3.05, 3.63) is 33.8 Å². The van der Waals surface area contributed by atoms with Crippen molar-refractivity contribution in [3.63, 3.8) is 0 Å². The predicted octanol–water partition coefficient (Wildman–Crippen LogP) is 2.90. The second kappa shape index (κ2) is 5.73. The summed E-state index contributed by atoms with van der Waals surface area (Å²) in [6.45, 7) is 3.76. The fourth-order valence-corrected chi connectivity index (χ4v) is 2.78. The van der Waals surface area contributed by atoms with Crippen molar-refractivity contribution in [1.82, 2.24) is 10.2 Å². The van der Waals surface area contributed by atoms with Crippen LogP contribution in [-0.2, 0) is 6.18 Å². The molecule has 1 heterocycles. The Kier molecular flexibility index (Phi) is 4.39. The van der Waals surface area contributed by atoms with Gasteiger partial charge in [-0.1, -0.05) is 15.9 Å². The first-order chi connectivity index (χ1) is 9.29. The van der Waals surface area contributed by atoms with Crippen LogP contribution in [0.3, 0.4) is 0 Å². The molecule has 1 aliphatic heterocycles. The summed E-state index contributed by atoms with van der Waals surface area (Å²) >= 11 is 2.88. The Balaban J connectivity index is 2.21. The number of hydrogen-bond donors (Lipinski definition) is 1. The number of carbonyl (C=O) groups is 1. The van der Waals surface area contributed by atoms with Crippen molar-refractivity contribution in [2.24, 2.45) is 0 Å². The van der Waals surface area contributed by atoms with Crippen LogP contribution in [0.5, 0.6) is 0 Å². The van der Waals surface area contributed by atoms with E-state index in [0.29, 0.717) is 19.6 Å². The summed E-state index contributed by atoms with van der Waals surface area (Å²) in [7, 11) is 0. The number of nitrogens with zero attached hydrogens (tertiary/aromatic N) is 1. The van der Waals surface area contributed by atoms with Crippen molar-refractivity contribution in [2.45, 2.75) is 19.1 Å². The van der Waals surface area contributed by atoms with E-state index in [2.05, 4.69) is 21.2 Å². The van der Waals surface area contributed by atoms with Crippen LogP contribution in [0.4, 0.5) is 13.2 Å². The maximum atomic E-state index is 12.7. The van der Waals surface area contributed by atoms with Crippen LogP contribution in [0.25, 0.3) is 0 Å². The molecule has 1 aliphatic rings. The van der Waals surface area contributed by atoms with Gasteiger partial charge in [0.05, 0.1) is 5.56 Å². The van der Waals surface area contributed by atoms with Crippen LogP contribution in [0.2, 0.25) is 0 Å². The zero-order valence-corrected chi connectivity index (χ0v) is 12.4. The minimum absolute atomic E-state index is 0.112. The molecule has 0 aliphatic carbocycles. The lowest BCUT2D eigenvalue weighted by Gasteiger charge is -2.32. The number of rotatable bonds is 1. The Morgan fingerprint density at radius 1 is 1.45 bits per heavy atom. The van der Waals surface area contributed by atoms with Crippen molar-refractivity contribution in [2.75, 3.05) is 19.6 Å². The second-order valence-electron chi connectivity index (χ2n) is 4.80. The van der Waals surface area contributed by atoms with Gasteiger partial charge >= 0.3 is 6.18 Å². The smallest absolute Gasteiger partial charge is 0.336 e. The normalized spacial score (nSPS) is 20.1. The van der Waals surface area contributed by atoms with Crippen LogP contribution < -0.4 is 5.32 Å². The summed E-state index contributed by atoms with van der Waals surface area (Å²) < 4.78 is 37.8. The first-order valence-corrected chi connectivity index (χ1v) is 6.97. The average molecular weight is 351 g/mol. The molecule has 110 valence electrons. The highest BCUT2D eigenvalue weighted by molar-refractivity contribution is 9.10. The number of piperazine rings is 1. The molecule has 1 N–H and O–H groups in total. The number of halogens is 4. The summed E-state index contributed by atoms with van der Waals surface area (Å²) in [6, 6.07) is 3.58. The van der Waals surface area contributed by atoms with E-state index < -0.39 is 11.7 Å². The number of alkyl halides is 3. The molecule has 1 atom stereocenters. The van der Waals surface area contributed by atoms with Gasteiger partial charge in [-0.15, -0.1) is 0 Å². The van der Waals surface area contributed by atoms with Gasteiger partial charge < -0.3 is 10.2 Å². The molecule has 1 aromatic rings. The lowest BCUT2D eigenvalue weighted by Crippen LogP contribution is -2.51. The Labute approximate surface area is 123 Å². The summed E-state index contributed by atoms with van der Waals surface area (Å²) in [6.07, 6.45) is -4.43. The van der Waals surface area contributed by atoms with Crippen molar-refractivity contribution in [3.8, 4) is 0 Å². The Bertz CT molecular complexity index is 519. The standard InChI is InChI=1S/C13H14BrF3N2O/c1-8-7-19(5-4-18-8)12(20)9-2-3-10(11(14)6-9)13(15,16)17/h2-3,6,8,18H,4-5,7H2,1H3. The Morgan fingerprint density at radius 3 is 2.70 bits per heavy atom. The summed E-state index contributed by atoms with van der Waals surface area (Å²) in [5.74, 6) is -0.243. The zero-order valence-electron chi connectivity index (χ0n) is 10.8. The summed E-state index contributed by atoms with van der Waals surface area (Å²) in [5, 5.41) is 3.21. The molecule has 0 aromatic heterocycles. The highest BCUT2D eigenvalue weighted by Gasteiger charge is 2.33. The first-order valence-electron chi connectivity index (χ1n) is 6.18. The van der Waals surface area contributed by atoms with Crippen molar-refractivity contribution >= 4 is 21.8 Å². The fraction of sp³-hybridized carbons (Fsp3) is 0.462. The number of amides is 1. The highest BCUT2D eigenvalue weighted by Crippen LogP contribution is 2.35. The number of carbonyl (C=O) groups excluding carboxylic acids is 1. The molecule has 0 spiro atoms. The van der Waals surface area contributed by atoms with E-state index in [1.54, 1.807) is 4.90 Å². The lowest BCUT2D eigenvalue weighted by molar-refractivity contribution is -0.138. The van der Waals surface area contributed by atoms with Gasteiger partial charge in [-0.25, -0.2) is 0 Å². The fourth-order valence-electron chi connectivity index (χ4n) is 2.18. The predicted molar refractivity (Wildman–Crippen MR) is 72.5 cm³/mol. The van der Waals surface area contributed by atoms with Gasteiger partial charge in [-0.3, -0.25) is 4.79 Å². The molecule has 1 aromatic carbocycles. The Hall–Kier alpha value is -1.08. The van der Waals surface area contributed by atoms with Gasteiger partial charge in [0.1, 0.15) is 0 Å². The highest BCUT2D eigenvalue weighted by atomic mass is 79.9. The first kappa shape index (κ1) is 15.3. The second-order valence-corrected chi connectivity index (χ2v) is 5.65. The van der Waals surface area contributed by atoms with E-state index in [1.807, 2.05) is 6.92 Å². The van der Waals surface area contributed by atoms with Gasteiger partial charge in [0.15, 0.2) is 0 Å². The molecule has 1 amide bonds. The zero-order chi connectivity index (χ0) is 14.9. The molecule has 0 saturated carbocycles. The van der Waals surface area contributed by atoms with Crippen molar-refractivity contribution < 1.29 is 18.0 Å². The molecule has 1 saturated heterocycles. The van der Waals surface area contributed by atoms with Gasteiger partial charge in [-0.05, 0) is 25.1 Å². The summed E-state index contributed by atoms with van der Waals surface area (Å²) in [5.41, 5.74) is -0.512. The third-order valence-electron chi connectivity index (χ3n) is 3.18. The number of nitrogens with one attached hydrogen (secondary N) is 1. The van der Waals surface area contributed by atoms with E-state index in [-0.39, 0.29) is 22.0 Å². The largest absolute Gasteiger partial charge is 0.417 e. The van der Waals surface area contributed by atoms with Crippen LogP contribution in [0.1, 0.15) is 22.8 Å². The maximum absolute atomic E-state index is 12.7. The topological polar surface area (TPSA) is 32.3 Å². The maximum Gasteiger partial charge on any atom is 0.417 e. The third kappa shape index (κ3) is 3.32. The molecule has 0 radical (unpaired) electrons. The van der Waals surface area contributed by atoms with Crippen LogP contribution in [0, 0.1) is 0 Å². The summed E-state index contributed by atoms with van der Waals surface area (Å²) in [4.78, 5) is 13.9. The van der Waals surface area contributed by atoms with E-state index in [9.17, 15) is 18.0 Å². The molecule has 2 rings (SSSR count). The lowest BCUT2D eigenvalue weighted by atomic mass is 10.1. The molecular formula is C13H14BrF3N2O. The van der Waals surface area contributed by atoms with Gasteiger partial charge in [0, 0.05) is 35.7 Å². The van der Waals surface area contributed by atoms with Gasteiger partial charge in [0.2, 0.25) is 0 Å². The molecular weight excluding hydrogens is 337 g/mol. The molecule has 1 fully saturated rings. The number of benzene rings is 1. The monoisotopic (exact) mass is 350 g/mol. The number of hydrogen-bond acceptors (Lipinski definition) is 2.